The number of amides is 1. The van der Waals surface area contributed by atoms with Crippen LogP contribution in [-0.2, 0) is 11.3 Å². The highest BCUT2D eigenvalue weighted by Gasteiger charge is 2.62. The van der Waals surface area contributed by atoms with Crippen molar-refractivity contribution in [3.8, 4) is 5.88 Å². The van der Waals surface area contributed by atoms with Crippen LogP contribution in [0.3, 0.4) is 0 Å². The summed E-state index contributed by atoms with van der Waals surface area (Å²) >= 11 is 19.2. The zero-order valence-corrected chi connectivity index (χ0v) is 25.4. The summed E-state index contributed by atoms with van der Waals surface area (Å²) in [5.41, 5.74) is 1.06. The number of fused-ring (bicyclic) bond motifs is 4. The summed E-state index contributed by atoms with van der Waals surface area (Å²) in [4.78, 5) is 32.6. The number of carboxylic acids is 1. The summed E-state index contributed by atoms with van der Waals surface area (Å²) in [5, 5.41) is 19.2. The van der Waals surface area contributed by atoms with E-state index in [0.717, 1.165) is 30.3 Å². The molecule has 0 radical (unpaired) electrons. The predicted molar refractivity (Wildman–Crippen MR) is 164 cm³/mol. The van der Waals surface area contributed by atoms with E-state index in [-0.39, 0.29) is 39.7 Å². The van der Waals surface area contributed by atoms with Crippen LogP contribution in [0.15, 0.2) is 54.6 Å². The van der Waals surface area contributed by atoms with Gasteiger partial charge in [-0.2, -0.15) is 5.10 Å². The number of aromatic nitrogens is 3. The van der Waals surface area contributed by atoms with Crippen LogP contribution in [0, 0.1) is 11.8 Å². The maximum atomic E-state index is 14.5. The molecule has 2 fully saturated rings. The Labute approximate surface area is 262 Å². The fraction of sp³-hybridized carbons (Fsp3) is 0.355. The molecule has 1 amide bonds. The monoisotopic (exact) mass is 639 g/mol. The topological polar surface area (TPSA) is 110 Å². The van der Waals surface area contributed by atoms with E-state index in [1.807, 2.05) is 13.0 Å². The number of nitrogens with zero attached hydrogens (tertiary/aromatic N) is 4. The number of halogens is 3. The van der Waals surface area contributed by atoms with Crippen LogP contribution >= 0.6 is 34.8 Å². The highest BCUT2D eigenvalue weighted by molar-refractivity contribution is 6.32. The fourth-order valence-corrected chi connectivity index (χ4v) is 7.62. The largest absolute Gasteiger partial charge is 0.478 e. The van der Waals surface area contributed by atoms with Crippen molar-refractivity contribution in [2.75, 3.05) is 18.5 Å². The molecule has 2 aromatic carbocycles. The summed E-state index contributed by atoms with van der Waals surface area (Å²) in [6.07, 6.45) is 2.22. The van der Waals surface area contributed by atoms with Crippen LogP contribution in [0.5, 0.6) is 5.88 Å². The number of likely N-dealkylation sites (tertiary alicyclic amines) is 1. The third kappa shape index (κ3) is 5.02. The quantitative estimate of drug-likeness (QED) is 0.236. The lowest BCUT2D eigenvalue weighted by Gasteiger charge is -2.40. The van der Waals surface area contributed by atoms with Gasteiger partial charge in [0.1, 0.15) is 22.5 Å². The van der Waals surface area contributed by atoms with Crippen LogP contribution in [0.1, 0.15) is 41.6 Å². The van der Waals surface area contributed by atoms with Crippen molar-refractivity contribution in [3.05, 3.63) is 81.1 Å². The van der Waals surface area contributed by atoms with Crippen molar-refractivity contribution in [1.29, 1.82) is 0 Å². The molecule has 4 aromatic rings. The van der Waals surface area contributed by atoms with E-state index >= 15 is 0 Å². The van der Waals surface area contributed by atoms with Crippen LogP contribution < -0.4 is 10.1 Å². The van der Waals surface area contributed by atoms with E-state index in [0.29, 0.717) is 41.2 Å². The molecule has 222 valence electrons. The second-order valence-electron chi connectivity index (χ2n) is 11.8. The molecule has 12 heteroatoms. The van der Waals surface area contributed by atoms with E-state index in [1.165, 1.54) is 0 Å². The number of carboxylic acid groups (broad SMARTS) is 1. The molecule has 2 N–H and O–H groups in total. The normalized spacial score (nSPS) is 25.1. The summed E-state index contributed by atoms with van der Waals surface area (Å²) < 4.78 is 8.28. The highest BCUT2D eigenvalue weighted by Crippen LogP contribution is 2.53. The molecule has 1 aliphatic carbocycles. The van der Waals surface area contributed by atoms with Crippen molar-refractivity contribution >= 4 is 63.3 Å². The Hall–Kier alpha value is -3.37. The number of pyridine rings is 1. The average Bonchev–Trinajstić information content (AvgIpc) is 3.69. The second kappa shape index (κ2) is 10.7. The van der Waals surface area contributed by atoms with Crippen molar-refractivity contribution in [2.24, 2.45) is 11.8 Å². The van der Waals surface area contributed by atoms with Gasteiger partial charge in [0.2, 0.25) is 11.8 Å². The van der Waals surface area contributed by atoms with Crippen LogP contribution in [0.25, 0.3) is 10.9 Å². The molecule has 3 aliphatic rings. The van der Waals surface area contributed by atoms with E-state index < -0.39 is 11.5 Å². The van der Waals surface area contributed by atoms with Crippen molar-refractivity contribution < 1.29 is 19.4 Å². The first-order valence-electron chi connectivity index (χ1n) is 14.1. The molecular weight excluding hydrogens is 613 g/mol. The van der Waals surface area contributed by atoms with E-state index in [1.54, 1.807) is 53.2 Å². The summed E-state index contributed by atoms with van der Waals surface area (Å²) in [6.45, 7) is 3.47. The van der Waals surface area contributed by atoms with E-state index in [9.17, 15) is 14.7 Å². The Kier molecular flexibility index (Phi) is 7.04. The number of hydrogen-bond donors (Lipinski definition) is 2. The molecule has 1 saturated heterocycles. The third-order valence-corrected chi connectivity index (χ3v) is 9.70. The Morgan fingerprint density at radius 1 is 1.09 bits per heavy atom. The van der Waals surface area contributed by atoms with Gasteiger partial charge in [0, 0.05) is 35.6 Å². The smallest absolute Gasteiger partial charge is 0.335 e. The molecular formula is C31H28Cl3N5O4. The molecule has 0 unspecified atom stereocenters. The first kappa shape index (κ1) is 28.4. The fourth-order valence-electron chi connectivity index (χ4n) is 6.95. The number of nitrogens with one attached hydrogen (secondary N) is 1. The van der Waals surface area contributed by atoms with Gasteiger partial charge >= 0.3 is 5.97 Å². The van der Waals surface area contributed by atoms with Gasteiger partial charge in [-0.05, 0) is 79.8 Å². The van der Waals surface area contributed by atoms with E-state index in [4.69, 9.17) is 44.6 Å². The molecule has 0 spiro atoms. The van der Waals surface area contributed by atoms with Gasteiger partial charge in [-0.25, -0.2) is 14.5 Å². The van der Waals surface area contributed by atoms with Crippen molar-refractivity contribution in [2.45, 2.75) is 43.8 Å². The van der Waals surface area contributed by atoms with Crippen molar-refractivity contribution in [1.82, 2.24) is 19.7 Å². The molecule has 9 nitrogen and oxygen atoms in total. The molecule has 4 heterocycles. The molecule has 4 atom stereocenters. The van der Waals surface area contributed by atoms with Crippen LogP contribution in [-0.4, -0.2) is 61.4 Å². The standard InChI is InChI=1S/C31H28Cl3N5O4/c1-31(30(42)35-20-4-2-3-19(32)12-20)27(18-10-25(33)36-26(34)11-18)22-14-39-28(43-15-24(22)38(31)13-16-5-6-16)21-8-7-17(29(40)41)9-23(21)37-39/h2-4,7-12,16,22,24,27H,5-6,13-15H2,1H3,(H,35,42)(H,40,41)/t22-,24+,27+,31-/m1/s1. The number of hydrogen-bond acceptors (Lipinski definition) is 6. The Balaban J connectivity index is 1.36. The van der Waals surface area contributed by atoms with E-state index in [2.05, 4.69) is 15.2 Å². The Bertz CT molecular complexity index is 1760. The minimum Gasteiger partial charge on any atom is -0.478 e. The zero-order valence-electron chi connectivity index (χ0n) is 23.1. The number of anilines is 1. The Morgan fingerprint density at radius 2 is 1.86 bits per heavy atom. The SMILES string of the molecule is C[C@]1(C(=O)Nc2cccc(Cl)c2)[C@@H](c2cc(Cl)nc(Cl)c2)[C@@H]2Cn3nc4cc(C(=O)O)ccc4c3OC[C@@H]2N1CC1CC1. The Morgan fingerprint density at radius 3 is 2.56 bits per heavy atom. The van der Waals surface area contributed by atoms with Crippen LogP contribution in [0.4, 0.5) is 5.69 Å². The van der Waals surface area contributed by atoms with Crippen LogP contribution in [0.2, 0.25) is 15.3 Å². The molecule has 1 saturated carbocycles. The van der Waals surface area contributed by atoms with Gasteiger partial charge in [-0.15, -0.1) is 0 Å². The molecule has 2 aliphatic heterocycles. The predicted octanol–water partition coefficient (Wildman–Crippen LogP) is 6.37. The van der Waals surface area contributed by atoms with Gasteiger partial charge in [0.15, 0.2) is 0 Å². The number of rotatable bonds is 6. The molecule has 2 aromatic heterocycles. The minimum absolute atomic E-state index is 0.138. The summed E-state index contributed by atoms with van der Waals surface area (Å²) in [6, 6.07) is 15.4. The van der Waals surface area contributed by atoms with Crippen molar-refractivity contribution in [3.63, 3.8) is 0 Å². The minimum atomic E-state index is -1.03. The van der Waals surface area contributed by atoms with Gasteiger partial charge in [0.05, 0.1) is 22.5 Å². The second-order valence-corrected chi connectivity index (χ2v) is 13.0. The third-order valence-electron chi connectivity index (χ3n) is 9.08. The molecule has 0 bridgehead atoms. The molecule has 7 rings (SSSR count). The lowest BCUT2D eigenvalue weighted by Crippen LogP contribution is -2.57. The summed E-state index contributed by atoms with van der Waals surface area (Å²) in [5.74, 6) is -0.636. The first-order chi connectivity index (χ1) is 20.6. The van der Waals surface area contributed by atoms with Gasteiger partial charge in [0.25, 0.3) is 0 Å². The number of ether oxygens (including phenoxy) is 1. The maximum Gasteiger partial charge on any atom is 0.335 e. The van der Waals surface area contributed by atoms with Gasteiger partial charge < -0.3 is 15.2 Å². The molecule has 43 heavy (non-hydrogen) atoms. The summed E-state index contributed by atoms with van der Waals surface area (Å²) in [7, 11) is 0. The zero-order chi connectivity index (χ0) is 30.0. The first-order valence-corrected chi connectivity index (χ1v) is 15.3. The lowest BCUT2D eigenvalue weighted by molar-refractivity contribution is -0.127. The average molecular weight is 641 g/mol. The van der Waals surface area contributed by atoms with Gasteiger partial charge in [-0.3, -0.25) is 9.69 Å². The number of carbonyl (C=O) groups is 2. The highest BCUT2D eigenvalue weighted by atomic mass is 35.5. The lowest BCUT2D eigenvalue weighted by atomic mass is 9.74. The number of aromatic carboxylic acids is 1. The van der Waals surface area contributed by atoms with Gasteiger partial charge in [-0.1, -0.05) is 40.9 Å². The maximum absolute atomic E-state index is 14.5. The number of benzene rings is 2. The number of carbonyl (C=O) groups excluding carboxylic acids is 1.